The average molecular weight is 275 g/mol. The zero-order valence-electron chi connectivity index (χ0n) is 11.3. The molecular weight excluding hydrogens is 259 g/mol. The Morgan fingerprint density at radius 3 is 2.53 bits per heavy atom. The van der Waals surface area contributed by atoms with Gasteiger partial charge in [0.1, 0.15) is 5.82 Å². The van der Waals surface area contributed by atoms with E-state index in [0.29, 0.717) is 0 Å². The quantitative estimate of drug-likeness (QED) is 0.658. The number of hydrogen-bond donors (Lipinski definition) is 0. The third-order valence-electron chi connectivity index (χ3n) is 4.16. The third-order valence-corrected chi connectivity index (χ3v) is 4.38. The van der Waals surface area contributed by atoms with Crippen molar-refractivity contribution in [1.29, 1.82) is 0 Å². The molecule has 2 aromatic rings. The SMILES string of the molecule is CCc1cc(Cl)cc2c1-c1ccc(F)cc1C2(C)C. The van der Waals surface area contributed by atoms with Crippen LogP contribution in [0.4, 0.5) is 4.39 Å². The van der Waals surface area contributed by atoms with Crippen molar-refractivity contribution in [3.63, 3.8) is 0 Å². The van der Waals surface area contributed by atoms with Crippen LogP contribution in [-0.4, -0.2) is 0 Å². The molecule has 0 saturated carbocycles. The van der Waals surface area contributed by atoms with Gasteiger partial charge >= 0.3 is 0 Å². The second-order valence-electron chi connectivity index (χ2n) is 5.66. The van der Waals surface area contributed by atoms with E-state index in [4.69, 9.17) is 11.6 Å². The Labute approximate surface area is 118 Å². The van der Waals surface area contributed by atoms with Gasteiger partial charge in [-0.05, 0) is 58.5 Å². The van der Waals surface area contributed by atoms with E-state index in [0.717, 1.165) is 22.6 Å². The summed E-state index contributed by atoms with van der Waals surface area (Å²) in [7, 11) is 0. The van der Waals surface area contributed by atoms with E-state index in [-0.39, 0.29) is 11.2 Å². The van der Waals surface area contributed by atoms with E-state index in [1.165, 1.54) is 22.8 Å². The maximum Gasteiger partial charge on any atom is 0.123 e. The first-order chi connectivity index (χ1) is 8.95. The molecule has 0 nitrogen and oxygen atoms in total. The summed E-state index contributed by atoms with van der Waals surface area (Å²) < 4.78 is 13.6. The minimum absolute atomic E-state index is 0.177. The fourth-order valence-corrected chi connectivity index (χ4v) is 3.39. The highest BCUT2D eigenvalue weighted by molar-refractivity contribution is 6.31. The molecule has 2 aromatic carbocycles. The highest BCUT2D eigenvalue weighted by Crippen LogP contribution is 2.51. The molecule has 98 valence electrons. The van der Waals surface area contributed by atoms with Crippen LogP contribution in [0.25, 0.3) is 11.1 Å². The molecule has 0 fully saturated rings. The van der Waals surface area contributed by atoms with E-state index in [1.807, 2.05) is 18.2 Å². The zero-order chi connectivity index (χ0) is 13.8. The minimum Gasteiger partial charge on any atom is -0.207 e. The zero-order valence-corrected chi connectivity index (χ0v) is 12.1. The molecule has 1 aliphatic carbocycles. The van der Waals surface area contributed by atoms with Crippen LogP contribution in [0.1, 0.15) is 37.5 Å². The Balaban J connectivity index is 2.41. The van der Waals surface area contributed by atoms with Crippen LogP contribution in [0.15, 0.2) is 30.3 Å². The molecule has 0 amide bonds. The first kappa shape index (κ1) is 12.7. The van der Waals surface area contributed by atoms with E-state index in [9.17, 15) is 4.39 Å². The summed E-state index contributed by atoms with van der Waals surface area (Å²) in [6.45, 7) is 6.39. The lowest BCUT2D eigenvalue weighted by atomic mass is 9.82. The lowest BCUT2D eigenvalue weighted by molar-refractivity contribution is 0.609. The first-order valence-electron chi connectivity index (χ1n) is 6.58. The van der Waals surface area contributed by atoms with E-state index in [1.54, 1.807) is 6.07 Å². The van der Waals surface area contributed by atoms with Gasteiger partial charge in [-0.3, -0.25) is 0 Å². The second-order valence-corrected chi connectivity index (χ2v) is 6.09. The van der Waals surface area contributed by atoms with Gasteiger partial charge in [0, 0.05) is 10.4 Å². The summed E-state index contributed by atoms with van der Waals surface area (Å²) in [5, 5.41) is 0.761. The van der Waals surface area contributed by atoms with Crippen LogP contribution in [0, 0.1) is 5.82 Å². The van der Waals surface area contributed by atoms with E-state index < -0.39 is 0 Å². The van der Waals surface area contributed by atoms with Crippen molar-refractivity contribution in [3.05, 3.63) is 57.9 Å². The smallest absolute Gasteiger partial charge is 0.123 e. The summed E-state index contributed by atoms with van der Waals surface area (Å²) in [5.74, 6) is -0.177. The molecule has 19 heavy (non-hydrogen) atoms. The standard InChI is InChI=1S/C17H16ClF/c1-4-10-7-11(18)8-15-16(10)13-6-5-12(19)9-14(13)17(15,2)3/h5-9H,4H2,1-3H3. The highest BCUT2D eigenvalue weighted by atomic mass is 35.5. The highest BCUT2D eigenvalue weighted by Gasteiger charge is 2.37. The van der Waals surface area contributed by atoms with Gasteiger partial charge in [0.15, 0.2) is 0 Å². The van der Waals surface area contributed by atoms with E-state index >= 15 is 0 Å². The van der Waals surface area contributed by atoms with Gasteiger partial charge in [0.05, 0.1) is 0 Å². The Kier molecular flexibility index (Phi) is 2.72. The normalized spacial score (nSPS) is 15.2. The summed E-state index contributed by atoms with van der Waals surface area (Å²) in [4.78, 5) is 0. The molecule has 0 aromatic heterocycles. The number of benzene rings is 2. The molecule has 0 atom stereocenters. The predicted octanol–water partition coefficient (Wildman–Crippen LogP) is 5.35. The van der Waals surface area contributed by atoms with Gasteiger partial charge in [-0.25, -0.2) is 4.39 Å². The van der Waals surface area contributed by atoms with Crippen molar-refractivity contribution in [3.8, 4) is 11.1 Å². The molecule has 0 spiro atoms. The van der Waals surface area contributed by atoms with Crippen molar-refractivity contribution in [2.45, 2.75) is 32.6 Å². The van der Waals surface area contributed by atoms with Crippen molar-refractivity contribution in [1.82, 2.24) is 0 Å². The van der Waals surface area contributed by atoms with Crippen molar-refractivity contribution < 1.29 is 4.39 Å². The lowest BCUT2D eigenvalue weighted by Gasteiger charge is -2.22. The van der Waals surface area contributed by atoms with Crippen LogP contribution < -0.4 is 0 Å². The van der Waals surface area contributed by atoms with Crippen LogP contribution in [0.3, 0.4) is 0 Å². The largest absolute Gasteiger partial charge is 0.207 e. The molecule has 3 rings (SSSR count). The predicted molar refractivity (Wildman–Crippen MR) is 78.4 cm³/mol. The molecule has 0 unspecified atom stereocenters. The number of halogens is 2. The Hall–Kier alpha value is -1.34. The maximum absolute atomic E-state index is 13.6. The summed E-state index contributed by atoms with van der Waals surface area (Å²) in [6.07, 6.45) is 0.926. The molecular formula is C17H16ClF. The molecule has 0 bridgehead atoms. The minimum atomic E-state index is -0.193. The molecule has 0 aliphatic heterocycles. The Morgan fingerprint density at radius 1 is 1.11 bits per heavy atom. The number of fused-ring (bicyclic) bond motifs is 3. The van der Waals surface area contributed by atoms with E-state index in [2.05, 4.69) is 20.8 Å². The molecule has 0 saturated heterocycles. The van der Waals surface area contributed by atoms with Gasteiger partial charge in [-0.1, -0.05) is 38.4 Å². The van der Waals surface area contributed by atoms with Crippen molar-refractivity contribution in [2.75, 3.05) is 0 Å². The maximum atomic E-state index is 13.6. The Morgan fingerprint density at radius 2 is 1.84 bits per heavy atom. The monoisotopic (exact) mass is 274 g/mol. The number of rotatable bonds is 1. The molecule has 1 aliphatic rings. The lowest BCUT2D eigenvalue weighted by Crippen LogP contribution is -2.15. The summed E-state index contributed by atoms with van der Waals surface area (Å²) in [5.41, 5.74) is 5.70. The Bertz CT molecular complexity index is 671. The molecule has 2 heteroatoms. The van der Waals surface area contributed by atoms with Crippen molar-refractivity contribution in [2.24, 2.45) is 0 Å². The van der Waals surface area contributed by atoms with Crippen molar-refractivity contribution >= 4 is 11.6 Å². The van der Waals surface area contributed by atoms with Crippen LogP contribution >= 0.6 is 11.6 Å². The van der Waals surface area contributed by atoms with Gasteiger partial charge in [-0.2, -0.15) is 0 Å². The summed E-state index contributed by atoms with van der Waals surface area (Å²) >= 11 is 6.23. The van der Waals surface area contributed by atoms with Crippen LogP contribution in [0.5, 0.6) is 0 Å². The van der Waals surface area contributed by atoms with Gasteiger partial charge in [0.25, 0.3) is 0 Å². The van der Waals surface area contributed by atoms with Gasteiger partial charge < -0.3 is 0 Å². The summed E-state index contributed by atoms with van der Waals surface area (Å²) in [6, 6.07) is 9.13. The fraction of sp³-hybridized carbons (Fsp3) is 0.294. The number of hydrogen-bond acceptors (Lipinski definition) is 0. The molecule has 0 radical (unpaired) electrons. The second kappa shape index (κ2) is 4.08. The number of aryl methyl sites for hydroxylation is 1. The van der Waals surface area contributed by atoms with Crippen LogP contribution in [-0.2, 0) is 11.8 Å². The van der Waals surface area contributed by atoms with Gasteiger partial charge in [-0.15, -0.1) is 0 Å². The van der Waals surface area contributed by atoms with Gasteiger partial charge in [0.2, 0.25) is 0 Å². The van der Waals surface area contributed by atoms with Crippen LogP contribution in [0.2, 0.25) is 5.02 Å². The third kappa shape index (κ3) is 1.72. The average Bonchev–Trinajstić information content (AvgIpc) is 2.58. The first-order valence-corrected chi connectivity index (χ1v) is 6.96. The topological polar surface area (TPSA) is 0 Å². The fourth-order valence-electron chi connectivity index (χ4n) is 3.15. The molecule has 0 N–H and O–H groups in total. The molecule has 0 heterocycles.